The van der Waals surface area contributed by atoms with Gasteiger partial charge >= 0.3 is 24.2 Å². The van der Waals surface area contributed by atoms with Crippen molar-refractivity contribution in [1.29, 1.82) is 0 Å². The van der Waals surface area contributed by atoms with E-state index in [-0.39, 0.29) is 61.7 Å². The number of rotatable bonds is 15. The summed E-state index contributed by atoms with van der Waals surface area (Å²) in [5, 5.41) is 9.92. The zero-order valence-corrected chi connectivity index (χ0v) is 24.0. The van der Waals surface area contributed by atoms with Gasteiger partial charge in [-0.3, -0.25) is 9.59 Å². The molecule has 1 rings (SSSR count). The van der Waals surface area contributed by atoms with Gasteiger partial charge < -0.3 is 34.5 Å². The lowest BCUT2D eigenvalue weighted by atomic mass is 9.86. The van der Waals surface area contributed by atoms with Gasteiger partial charge in [0.15, 0.2) is 11.5 Å². The van der Waals surface area contributed by atoms with Gasteiger partial charge in [0.2, 0.25) is 0 Å². The van der Waals surface area contributed by atoms with Gasteiger partial charge in [-0.15, -0.1) is 0 Å². The highest BCUT2D eigenvalue weighted by atomic mass is 16.7. The summed E-state index contributed by atoms with van der Waals surface area (Å²) in [5.74, 6) is -1.76. The second-order valence-electron chi connectivity index (χ2n) is 10.8. The lowest BCUT2D eigenvalue weighted by molar-refractivity contribution is -0.154. The maximum Gasteiger partial charge on any atom is 0.513 e. The molecular weight excluding hydrogens is 510 g/mol. The first-order valence-corrected chi connectivity index (χ1v) is 13.2. The summed E-state index contributed by atoms with van der Waals surface area (Å²) in [6.07, 6.45) is -2.12. The summed E-state index contributed by atoms with van der Waals surface area (Å²) in [6.45, 7) is 13.1. The van der Waals surface area contributed by atoms with Gasteiger partial charge in [0, 0.05) is 19.3 Å². The number of aliphatic carboxylic acids is 1. The summed E-state index contributed by atoms with van der Waals surface area (Å²) >= 11 is 0. The molecule has 2 unspecified atom stereocenters. The van der Waals surface area contributed by atoms with Crippen LogP contribution in [0.15, 0.2) is 18.2 Å². The quantitative estimate of drug-likeness (QED) is 0.169. The number of nitrogens with two attached hydrogens (primary N) is 1. The smallest absolute Gasteiger partial charge is 0.480 e. The van der Waals surface area contributed by atoms with E-state index >= 15 is 0 Å². The van der Waals surface area contributed by atoms with Crippen molar-refractivity contribution in [2.75, 3.05) is 13.2 Å². The maximum atomic E-state index is 12.2. The molecule has 1 aromatic rings. The predicted molar refractivity (Wildman–Crippen MR) is 143 cm³/mol. The fourth-order valence-corrected chi connectivity index (χ4v) is 3.39. The van der Waals surface area contributed by atoms with E-state index in [1.807, 2.05) is 41.5 Å². The molecule has 0 spiro atoms. The minimum absolute atomic E-state index is 0.0558. The molecule has 0 fully saturated rings. The number of esters is 1. The molecule has 0 aliphatic rings. The number of carboxylic acid groups (broad SMARTS) is 1. The molecule has 0 amide bonds. The Bertz CT molecular complexity index is 977. The Morgan fingerprint density at radius 2 is 1.44 bits per heavy atom. The number of carboxylic acids is 1. The third-order valence-electron chi connectivity index (χ3n) is 5.61. The molecule has 1 aromatic carbocycles. The molecule has 11 nitrogen and oxygen atoms in total. The number of hydrogen-bond acceptors (Lipinski definition) is 10. The van der Waals surface area contributed by atoms with E-state index in [1.165, 1.54) is 18.2 Å². The lowest BCUT2D eigenvalue weighted by Crippen LogP contribution is -2.52. The van der Waals surface area contributed by atoms with Crippen molar-refractivity contribution in [2.24, 2.45) is 23.5 Å². The SMILES string of the molecule is CCC(C)CC(=O)O[C@@H](C)CC(N)(Cc1ccc(OC(=O)OCC(C)C)c(OC(=O)OCC(C)C)c1)C(=O)O. The van der Waals surface area contributed by atoms with Crippen LogP contribution >= 0.6 is 0 Å². The molecule has 3 N–H and O–H groups in total. The van der Waals surface area contributed by atoms with Crippen LogP contribution in [0.3, 0.4) is 0 Å². The van der Waals surface area contributed by atoms with Crippen LogP contribution in [-0.2, 0) is 30.2 Å². The van der Waals surface area contributed by atoms with Crippen LogP contribution in [-0.4, -0.2) is 54.2 Å². The average Bonchev–Trinajstić information content (AvgIpc) is 2.82. The van der Waals surface area contributed by atoms with Gasteiger partial charge in [-0.1, -0.05) is 54.0 Å². The van der Waals surface area contributed by atoms with Crippen molar-refractivity contribution in [3.05, 3.63) is 23.8 Å². The molecule has 0 aliphatic heterocycles. The first-order valence-electron chi connectivity index (χ1n) is 13.2. The van der Waals surface area contributed by atoms with E-state index in [4.69, 9.17) is 29.4 Å². The third kappa shape index (κ3) is 12.8. The minimum Gasteiger partial charge on any atom is -0.480 e. The van der Waals surface area contributed by atoms with E-state index in [1.54, 1.807) is 6.92 Å². The largest absolute Gasteiger partial charge is 0.513 e. The molecule has 0 saturated carbocycles. The van der Waals surface area contributed by atoms with E-state index in [9.17, 15) is 24.3 Å². The molecule has 3 atom stereocenters. The van der Waals surface area contributed by atoms with Crippen molar-refractivity contribution < 1.29 is 48.0 Å². The highest BCUT2D eigenvalue weighted by Crippen LogP contribution is 2.31. The van der Waals surface area contributed by atoms with Gasteiger partial charge in [0.25, 0.3) is 0 Å². The lowest BCUT2D eigenvalue weighted by Gasteiger charge is -2.28. The first kappa shape index (κ1) is 33.7. The number of benzene rings is 1. The molecule has 0 aromatic heterocycles. The molecule has 220 valence electrons. The van der Waals surface area contributed by atoms with Gasteiger partial charge in [0.1, 0.15) is 11.6 Å². The third-order valence-corrected chi connectivity index (χ3v) is 5.61. The molecule has 39 heavy (non-hydrogen) atoms. The molecule has 0 saturated heterocycles. The average molecular weight is 554 g/mol. The van der Waals surface area contributed by atoms with Crippen molar-refractivity contribution >= 4 is 24.2 Å². The van der Waals surface area contributed by atoms with Crippen LogP contribution in [0.25, 0.3) is 0 Å². The molecule has 0 aliphatic carbocycles. The highest BCUT2D eigenvalue weighted by molar-refractivity contribution is 5.79. The fourth-order valence-electron chi connectivity index (χ4n) is 3.39. The summed E-state index contributed by atoms with van der Waals surface area (Å²) in [5.41, 5.74) is 4.82. The zero-order valence-electron chi connectivity index (χ0n) is 24.0. The van der Waals surface area contributed by atoms with E-state index < -0.39 is 35.9 Å². The summed E-state index contributed by atoms with van der Waals surface area (Å²) in [4.78, 5) is 48.7. The Morgan fingerprint density at radius 3 is 1.92 bits per heavy atom. The Balaban J connectivity index is 3.14. The Morgan fingerprint density at radius 1 is 0.897 bits per heavy atom. The van der Waals surface area contributed by atoms with Crippen molar-refractivity contribution in [3.8, 4) is 11.5 Å². The van der Waals surface area contributed by atoms with Crippen molar-refractivity contribution in [2.45, 2.75) is 85.8 Å². The van der Waals surface area contributed by atoms with E-state index in [2.05, 4.69) is 0 Å². The molecular formula is C28H43NO10. The molecule has 0 bridgehead atoms. The van der Waals surface area contributed by atoms with Crippen LogP contribution in [0.4, 0.5) is 9.59 Å². The van der Waals surface area contributed by atoms with Gasteiger partial charge in [-0.25, -0.2) is 9.59 Å². The zero-order chi connectivity index (χ0) is 29.8. The summed E-state index contributed by atoms with van der Waals surface area (Å²) in [6, 6.07) is 4.17. The minimum atomic E-state index is -1.82. The van der Waals surface area contributed by atoms with E-state index in [0.717, 1.165) is 6.42 Å². The van der Waals surface area contributed by atoms with Crippen LogP contribution < -0.4 is 15.2 Å². The van der Waals surface area contributed by atoms with Crippen LogP contribution in [0, 0.1) is 17.8 Å². The Labute approximate surface area is 230 Å². The van der Waals surface area contributed by atoms with Crippen LogP contribution in [0.2, 0.25) is 0 Å². The number of carbonyl (C=O) groups excluding carboxylic acids is 3. The van der Waals surface area contributed by atoms with E-state index in [0.29, 0.717) is 5.56 Å². The summed E-state index contributed by atoms with van der Waals surface area (Å²) < 4.78 is 25.9. The molecule has 0 heterocycles. The first-order chi connectivity index (χ1) is 18.1. The monoisotopic (exact) mass is 553 g/mol. The highest BCUT2D eigenvalue weighted by Gasteiger charge is 2.37. The predicted octanol–water partition coefficient (Wildman–Crippen LogP) is 5.11. The number of hydrogen-bond donors (Lipinski definition) is 2. The molecule has 11 heteroatoms. The second kappa shape index (κ2) is 15.9. The maximum absolute atomic E-state index is 12.2. The topological polar surface area (TPSA) is 161 Å². The van der Waals surface area contributed by atoms with Gasteiger partial charge in [-0.05, 0) is 42.4 Å². The fraction of sp³-hybridized carbons (Fsp3) is 0.643. The second-order valence-corrected chi connectivity index (χ2v) is 10.8. The van der Waals surface area contributed by atoms with Crippen molar-refractivity contribution in [1.82, 2.24) is 0 Å². The summed E-state index contributed by atoms with van der Waals surface area (Å²) in [7, 11) is 0. The molecule has 0 radical (unpaired) electrons. The number of ether oxygens (including phenoxy) is 5. The van der Waals surface area contributed by atoms with Gasteiger partial charge in [0.05, 0.1) is 13.2 Å². The number of carbonyl (C=O) groups is 4. The van der Waals surface area contributed by atoms with Crippen LogP contribution in [0.1, 0.15) is 73.3 Å². The van der Waals surface area contributed by atoms with Crippen molar-refractivity contribution in [3.63, 3.8) is 0 Å². The standard InChI is InChI=1S/C28H43NO10/c1-8-19(6)11-24(30)37-20(7)13-28(29,25(31)32)14-21-9-10-22(38-26(33)35-15-17(2)3)23(12-21)39-27(34)36-16-18(4)5/h9-10,12,17-20H,8,11,13-16,29H2,1-7H3,(H,31,32)/t19?,20-,28?/m0/s1. The van der Waals surface area contributed by atoms with Crippen LogP contribution in [0.5, 0.6) is 11.5 Å². The normalized spacial score (nSPS) is 14.2. The Kier molecular flexibility index (Phi) is 13.8. The Hall–Kier alpha value is -3.34. The van der Waals surface area contributed by atoms with Gasteiger partial charge in [-0.2, -0.15) is 0 Å².